The molecule has 4 heteroatoms. The van der Waals surface area contributed by atoms with Gasteiger partial charge in [-0.05, 0) is 46.4 Å². The molecule has 0 spiro atoms. The van der Waals surface area contributed by atoms with Crippen LogP contribution in [0.2, 0.25) is 0 Å². The van der Waals surface area contributed by atoms with E-state index in [1.54, 1.807) is 12.1 Å². The lowest BCUT2D eigenvalue weighted by molar-refractivity contribution is 0.0693. The van der Waals surface area contributed by atoms with Gasteiger partial charge < -0.3 is 9.84 Å². The first-order valence-electron chi connectivity index (χ1n) is 8.72. The van der Waals surface area contributed by atoms with Gasteiger partial charge in [0.05, 0.1) is 12.7 Å². The van der Waals surface area contributed by atoms with E-state index in [1.165, 1.54) is 35.4 Å². The van der Waals surface area contributed by atoms with Gasteiger partial charge in [-0.2, -0.15) is 0 Å². The third-order valence-corrected chi connectivity index (χ3v) is 5.05. The van der Waals surface area contributed by atoms with E-state index in [-0.39, 0.29) is 23.5 Å². The monoisotopic (exact) mass is 358 g/mol. The molecule has 0 unspecified atom stereocenters. The molecule has 1 aliphatic carbocycles. The van der Waals surface area contributed by atoms with Crippen molar-refractivity contribution >= 4 is 11.8 Å². The first-order valence-corrected chi connectivity index (χ1v) is 8.72. The summed E-state index contributed by atoms with van der Waals surface area (Å²) < 4.78 is 5.24. The number of aromatic carboxylic acids is 1. The molecule has 0 saturated heterocycles. The molecular formula is C23H18O4. The van der Waals surface area contributed by atoms with Crippen LogP contribution in [-0.4, -0.2) is 24.0 Å². The summed E-state index contributed by atoms with van der Waals surface area (Å²) in [6, 6.07) is 18.9. The Morgan fingerprint density at radius 1 is 0.926 bits per heavy atom. The van der Waals surface area contributed by atoms with Crippen molar-refractivity contribution in [3.05, 3.63) is 88.5 Å². The van der Waals surface area contributed by atoms with E-state index in [9.17, 15) is 14.7 Å². The Morgan fingerprint density at radius 2 is 1.63 bits per heavy atom. The Balaban J connectivity index is 1.70. The maximum atomic E-state index is 13.0. The van der Waals surface area contributed by atoms with Gasteiger partial charge in [-0.25, -0.2) is 4.79 Å². The Hall–Kier alpha value is -3.40. The zero-order chi connectivity index (χ0) is 19.0. The summed E-state index contributed by atoms with van der Waals surface area (Å²) >= 11 is 0. The number of rotatable bonds is 5. The summed E-state index contributed by atoms with van der Waals surface area (Å²) in [4.78, 5) is 24.4. The summed E-state index contributed by atoms with van der Waals surface area (Å²) in [5, 5.41) is 9.33. The molecule has 0 bridgehead atoms. The summed E-state index contributed by atoms with van der Waals surface area (Å²) in [5.41, 5.74) is 6.07. The fourth-order valence-corrected chi connectivity index (χ4v) is 3.80. The predicted octanol–water partition coefficient (Wildman–Crippen LogP) is 4.39. The topological polar surface area (TPSA) is 63.6 Å². The smallest absolute Gasteiger partial charge is 0.339 e. The number of benzene rings is 3. The fourth-order valence-electron chi connectivity index (χ4n) is 3.80. The average Bonchev–Trinajstić information content (AvgIpc) is 3.07. The van der Waals surface area contributed by atoms with Crippen LogP contribution < -0.4 is 4.74 Å². The lowest BCUT2D eigenvalue weighted by atomic mass is 9.94. The van der Waals surface area contributed by atoms with Gasteiger partial charge in [0, 0.05) is 6.42 Å². The van der Waals surface area contributed by atoms with Crippen molar-refractivity contribution in [2.75, 3.05) is 7.11 Å². The molecule has 27 heavy (non-hydrogen) atoms. The maximum Gasteiger partial charge on any atom is 0.339 e. The van der Waals surface area contributed by atoms with Crippen LogP contribution in [0, 0.1) is 0 Å². The van der Waals surface area contributed by atoms with E-state index in [4.69, 9.17) is 4.74 Å². The van der Waals surface area contributed by atoms with Crippen LogP contribution in [-0.2, 0) is 12.8 Å². The van der Waals surface area contributed by atoms with Crippen molar-refractivity contribution in [1.82, 2.24) is 0 Å². The lowest BCUT2D eigenvalue weighted by Crippen LogP contribution is -2.10. The third kappa shape index (κ3) is 2.89. The number of carbonyl (C=O) groups is 2. The Kier molecular flexibility index (Phi) is 4.24. The van der Waals surface area contributed by atoms with E-state index >= 15 is 0 Å². The number of Topliss-reactive ketones (excluding diaryl/α,β-unsaturated/α-hetero) is 1. The van der Waals surface area contributed by atoms with Gasteiger partial charge >= 0.3 is 5.97 Å². The second-order valence-corrected chi connectivity index (χ2v) is 6.57. The fraction of sp³-hybridized carbons (Fsp3) is 0.130. The van der Waals surface area contributed by atoms with Crippen LogP contribution in [0.5, 0.6) is 5.75 Å². The SMILES string of the molecule is COc1c(C(=O)O)cccc1C(=O)Cc1cccc2c1Cc1ccccc1-2. The number of carboxylic acid groups (broad SMARTS) is 1. The van der Waals surface area contributed by atoms with E-state index in [0.717, 1.165) is 12.0 Å². The van der Waals surface area contributed by atoms with Crippen LogP contribution in [0.4, 0.5) is 0 Å². The largest absolute Gasteiger partial charge is 0.495 e. The van der Waals surface area contributed by atoms with Gasteiger partial charge in [-0.15, -0.1) is 0 Å². The van der Waals surface area contributed by atoms with Crippen molar-refractivity contribution in [1.29, 1.82) is 0 Å². The van der Waals surface area contributed by atoms with Crippen LogP contribution >= 0.6 is 0 Å². The predicted molar refractivity (Wildman–Crippen MR) is 103 cm³/mol. The number of fused-ring (bicyclic) bond motifs is 3. The Labute approximate surface area is 157 Å². The second-order valence-electron chi connectivity index (χ2n) is 6.57. The molecule has 0 amide bonds. The number of carbonyl (C=O) groups excluding carboxylic acids is 1. The van der Waals surface area contributed by atoms with Gasteiger partial charge in [0.1, 0.15) is 11.3 Å². The minimum Gasteiger partial charge on any atom is -0.495 e. The molecule has 0 radical (unpaired) electrons. The lowest BCUT2D eigenvalue weighted by Gasteiger charge is -2.12. The molecule has 0 aromatic heterocycles. The number of hydrogen-bond acceptors (Lipinski definition) is 3. The minimum atomic E-state index is -1.11. The van der Waals surface area contributed by atoms with Gasteiger partial charge in [-0.1, -0.05) is 48.5 Å². The number of para-hydroxylation sites is 1. The first kappa shape index (κ1) is 17.0. The second kappa shape index (κ2) is 6.72. The molecular weight excluding hydrogens is 340 g/mol. The minimum absolute atomic E-state index is 0.00551. The molecule has 134 valence electrons. The Morgan fingerprint density at radius 3 is 2.41 bits per heavy atom. The first-order chi connectivity index (χ1) is 13.1. The highest BCUT2D eigenvalue weighted by molar-refractivity contribution is 6.04. The number of hydrogen-bond donors (Lipinski definition) is 1. The number of ketones is 1. The quantitative estimate of drug-likeness (QED) is 0.538. The van der Waals surface area contributed by atoms with Crippen molar-refractivity contribution in [3.63, 3.8) is 0 Å². The maximum absolute atomic E-state index is 13.0. The van der Waals surface area contributed by atoms with Gasteiger partial charge in [0.15, 0.2) is 5.78 Å². The molecule has 0 saturated carbocycles. The molecule has 0 aliphatic heterocycles. The van der Waals surface area contributed by atoms with E-state index < -0.39 is 5.97 Å². The van der Waals surface area contributed by atoms with E-state index in [0.29, 0.717) is 5.56 Å². The molecule has 4 rings (SSSR count). The highest BCUT2D eigenvalue weighted by Crippen LogP contribution is 2.38. The molecule has 0 atom stereocenters. The highest BCUT2D eigenvalue weighted by atomic mass is 16.5. The van der Waals surface area contributed by atoms with Crippen molar-refractivity contribution < 1.29 is 19.4 Å². The van der Waals surface area contributed by atoms with Crippen LogP contribution in [0.1, 0.15) is 37.4 Å². The Bertz CT molecular complexity index is 1070. The van der Waals surface area contributed by atoms with Crippen LogP contribution in [0.3, 0.4) is 0 Å². The zero-order valence-corrected chi connectivity index (χ0v) is 14.9. The summed E-state index contributed by atoms with van der Waals surface area (Å²) in [6.07, 6.45) is 1.01. The zero-order valence-electron chi connectivity index (χ0n) is 14.9. The van der Waals surface area contributed by atoms with E-state index in [2.05, 4.69) is 18.2 Å². The van der Waals surface area contributed by atoms with Crippen molar-refractivity contribution in [3.8, 4) is 16.9 Å². The summed E-state index contributed by atoms with van der Waals surface area (Å²) in [5.74, 6) is -1.15. The summed E-state index contributed by atoms with van der Waals surface area (Å²) in [6.45, 7) is 0. The normalized spacial score (nSPS) is 11.6. The van der Waals surface area contributed by atoms with Crippen molar-refractivity contribution in [2.24, 2.45) is 0 Å². The molecule has 4 nitrogen and oxygen atoms in total. The van der Waals surface area contributed by atoms with Crippen LogP contribution in [0.15, 0.2) is 60.7 Å². The third-order valence-electron chi connectivity index (χ3n) is 5.05. The molecule has 3 aromatic rings. The molecule has 3 aromatic carbocycles. The van der Waals surface area contributed by atoms with Gasteiger partial charge in [0.2, 0.25) is 0 Å². The van der Waals surface area contributed by atoms with Gasteiger partial charge in [-0.3, -0.25) is 4.79 Å². The molecule has 0 fully saturated rings. The van der Waals surface area contributed by atoms with E-state index in [1.807, 2.05) is 24.3 Å². The van der Waals surface area contributed by atoms with Gasteiger partial charge in [0.25, 0.3) is 0 Å². The molecule has 1 aliphatic rings. The van der Waals surface area contributed by atoms with Crippen molar-refractivity contribution in [2.45, 2.75) is 12.8 Å². The molecule has 1 N–H and O–H groups in total. The highest BCUT2D eigenvalue weighted by Gasteiger charge is 2.24. The number of carboxylic acids is 1. The molecule has 0 heterocycles. The standard InChI is InChI=1S/C23H18O4/c1-27-22-18(10-5-11-19(22)23(25)26)21(24)13-15-7-4-9-17-16-8-3-2-6-14(16)12-20(15)17/h2-11H,12-13H2,1H3,(H,25,26). The number of ether oxygens (including phenoxy) is 1. The summed E-state index contributed by atoms with van der Waals surface area (Å²) in [7, 11) is 1.38. The average molecular weight is 358 g/mol. The van der Waals surface area contributed by atoms with Crippen LogP contribution in [0.25, 0.3) is 11.1 Å². The number of methoxy groups -OCH3 is 1.